The van der Waals surface area contributed by atoms with E-state index in [9.17, 15) is 19.5 Å². The molecule has 33 heavy (non-hydrogen) atoms. The second-order valence-corrected chi connectivity index (χ2v) is 8.87. The Morgan fingerprint density at radius 1 is 1.03 bits per heavy atom. The van der Waals surface area contributed by atoms with Gasteiger partial charge >= 0.3 is 12.1 Å². The number of amides is 2. The summed E-state index contributed by atoms with van der Waals surface area (Å²) in [5.74, 6) is -1.89. The van der Waals surface area contributed by atoms with Crippen LogP contribution in [-0.4, -0.2) is 35.7 Å². The lowest BCUT2D eigenvalue weighted by atomic mass is 9.98. The first-order valence-corrected chi connectivity index (χ1v) is 11.5. The van der Waals surface area contributed by atoms with Crippen molar-refractivity contribution >= 4 is 29.3 Å². The molecule has 7 nitrogen and oxygen atoms in total. The van der Waals surface area contributed by atoms with Gasteiger partial charge in [-0.1, -0.05) is 48.5 Å². The molecule has 1 atom stereocenters. The third-order valence-corrected chi connectivity index (χ3v) is 6.75. The Morgan fingerprint density at radius 2 is 1.67 bits per heavy atom. The van der Waals surface area contributed by atoms with Crippen LogP contribution in [0.15, 0.2) is 60.0 Å². The van der Waals surface area contributed by atoms with Crippen molar-refractivity contribution in [3.63, 3.8) is 0 Å². The van der Waals surface area contributed by atoms with Gasteiger partial charge in [0, 0.05) is 10.8 Å². The number of carboxylic acids is 1. The molecule has 0 aliphatic heterocycles. The normalized spacial score (nSPS) is 13.0. The van der Waals surface area contributed by atoms with Gasteiger partial charge in [0.1, 0.15) is 12.6 Å². The van der Waals surface area contributed by atoms with Crippen molar-refractivity contribution in [2.45, 2.75) is 31.8 Å². The average molecular weight is 465 g/mol. The molecule has 8 heteroatoms. The number of hydrogen-bond acceptors (Lipinski definition) is 5. The largest absolute Gasteiger partial charge is 0.481 e. The second-order valence-electron chi connectivity index (χ2n) is 7.86. The number of alkyl carbamates (subject to hydrolysis) is 1. The van der Waals surface area contributed by atoms with E-state index in [0.717, 1.165) is 32.7 Å². The fraction of sp³-hybridized carbons (Fsp3) is 0.240. The third-order valence-electron chi connectivity index (χ3n) is 5.72. The zero-order valence-corrected chi connectivity index (χ0v) is 18.9. The van der Waals surface area contributed by atoms with E-state index in [1.807, 2.05) is 66.9 Å². The van der Waals surface area contributed by atoms with Crippen LogP contribution in [0.4, 0.5) is 4.79 Å². The molecule has 3 aromatic rings. The number of hydrogen-bond donors (Lipinski definition) is 3. The van der Waals surface area contributed by atoms with Crippen LogP contribution < -0.4 is 10.6 Å². The van der Waals surface area contributed by atoms with Gasteiger partial charge in [-0.15, -0.1) is 11.3 Å². The lowest BCUT2D eigenvalue weighted by Crippen LogP contribution is -2.48. The molecule has 1 unspecified atom stereocenters. The van der Waals surface area contributed by atoms with Crippen LogP contribution in [0.2, 0.25) is 0 Å². The molecule has 0 fully saturated rings. The minimum Gasteiger partial charge on any atom is -0.481 e. The van der Waals surface area contributed by atoms with Gasteiger partial charge in [-0.05, 0) is 46.2 Å². The molecule has 2 amide bonds. The van der Waals surface area contributed by atoms with Gasteiger partial charge in [0.2, 0.25) is 5.91 Å². The highest BCUT2D eigenvalue weighted by atomic mass is 32.1. The van der Waals surface area contributed by atoms with Crippen molar-refractivity contribution in [1.82, 2.24) is 10.6 Å². The SMILES string of the molecule is Cc1ccsc1CNC(=O)C(CC(=O)O)NC(=O)OCC1c2ccccc2-c2ccccc21. The number of thiophene rings is 1. The van der Waals surface area contributed by atoms with Gasteiger partial charge in [-0.2, -0.15) is 0 Å². The molecule has 4 rings (SSSR count). The van der Waals surface area contributed by atoms with Crippen LogP contribution in [0, 0.1) is 6.92 Å². The van der Waals surface area contributed by atoms with Crippen LogP contribution in [0.3, 0.4) is 0 Å². The van der Waals surface area contributed by atoms with Crippen molar-refractivity contribution < 1.29 is 24.2 Å². The molecule has 3 N–H and O–H groups in total. The van der Waals surface area contributed by atoms with Gasteiger partial charge in [-0.3, -0.25) is 9.59 Å². The van der Waals surface area contributed by atoms with Crippen LogP contribution in [0.1, 0.15) is 33.9 Å². The van der Waals surface area contributed by atoms with E-state index in [1.54, 1.807) is 0 Å². The molecule has 1 heterocycles. The molecule has 0 spiro atoms. The van der Waals surface area contributed by atoms with E-state index < -0.39 is 30.4 Å². The fourth-order valence-electron chi connectivity index (χ4n) is 4.04. The molecule has 0 bridgehead atoms. The highest BCUT2D eigenvalue weighted by molar-refractivity contribution is 7.10. The average Bonchev–Trinajstić information content (AvgIpc) is 3.36. The van der Waals surface area contributed by atoms with Crippen LogP contribution in [0.25, 0.3) is 11.1 Å². The summed E-state index contributed by atoms with van der Waals surface area (Å²) < 4.78 is 5.45. The molecule has 1 aliphatic rings. The van der Waals surface area contributed by atoms with Crippen molar-refractivity contribution in [2.75, 3.05) is 6.61 Å². The zero-order valence-electron chi connectivity index (χ0n) is 18.0. The van der Waals surface area contributed by atoms with Gasteiger partial charge in [0.05, 0.1) is 13.0 Å². The van der Waals surface area contributed by atoms with Crippen LogP contribution >= 0.6 is 11.3 Å². The summed E-state index contributed by atoms with van der Waals surface area (Å²) in [5, 5.41) is 16.2. The number of ether oxygens (including phenoxy) is 1. The summed E-state index contributed by atoms with van der Waals surface area (Å²) in [4.78, 5) is 37.3. The summed E-state index contributed by atoms with van der Waals surface area (Å²) in [6.07, 6.45) is -1.37. The van der Waals surface area contributed by atoms with Crippen molar-refractivity contribution in [3.8, 4) is 11.1 Å². The van der Waals surface area contributed by atoms with Gasteiger partial charge < -0.3 is 20.5 Å². The quantitative estimate of drug-likeness (QED) is 0.466. The minimum atomic E-state index is -1.24. The Kier molecular flexibility index (Phi) is 6.74. The molecule has 2 aromatic carbocycles. The highest BCUT2D eigenvalue weighted by Gasteiger charge is 2.30. The zero-order chi connectivity index (χ0) is 23.4. The summed E-state index contributed by atoms with van der Waals surface area (Å²) in [6, 6.07) is 16.6. The Hall–Kier alpha value is -3.65. The number of carboxylic acid groups (broad SMARTS) is 1. The molecule has 1 aromatic heterocycles. The van der Waals surface area contributed by atoms with Gasteiger partial charge in [0.25, 0.3) is 0 Å². The molecule has 1 aliphatic carbocycles. The summed E-state index contributed by atoms with van der Waals surface area (Å²) in [5.41, 5.74) is 5.39. The molecule has 0 saturated carbocycles. The summed E-state index contributed by atoms with van der Waals surface area (Å²) in [7, 11) is 0. The number of carbonyl (C=O) groups is 3. The Labute approximate surface area is 195 Å². The number of benzene rings is 2. The van der Waals surface area contributed by atoms with Crippen molar-refractivity contribution in [2.24, 2.45) is 0 Å². The maximum absolute atomic E-state index is 12.6. The van der Waals surface area contributed by atoms with Gasteiger partial charge in [0.15, 0.2) is 0 Å². The molecular formula is C25H24N2O5S. The monoisotopic (exact) mass is 464 g/mol. The molecule has 0 saturated heterocycles. The lowest BCUT2D eigenvalue weighted by molar-refractivity contribution is -0.139. The van der Waals surface area contributed by atoms with Crippen LogP contribution in [-0.2, 0) is 20.9 Å². The summed E-state index contributed by atoms with van der Waals surface area (Å²) >= 11 is 1.50. The van der Waals surface area contributed by atoms with E-state index >= 15 is 0 Å². The standard InChI is InChI=1S/C25H24N2O5S/c1-15-10-11-33-22(15)13-26-24(30)21(12-23(28)29)27-25(31)32-14-20-18-8-4-2-6-16(18)17-7-3-5-9-19(17)20/h2-11,20-21H,12-14H2,1H3,(H,26,30)(H,27,31)(H,28,29). The highest BCUT2D eigenvalue weighted by Crippen LogP contribution is 2.44. The Morgan fingerprint density at radius 3 is 2.24 bits per heavy atom. The molecular weight excluding hydrogens is 440 g/mol. The van der Waals surface area contributed by atoms with Crippen molar-refractivity contribution in [1.29, 1.82) is 0 Å². The topological polar surface area (TPSA) is 105 Å². The maximum atomic E-state index is 12.6. The first-order chi connectivity index (χ1) is 15.9. The fourth-order valence-corrected chi connectivity index (χ4v) is 4.89. The summed E-state index contributed by atoms with van der Waals surface area (Å²) in [6.45, 7) is 2.28. The van der Waals surface area contributed by atoms with E-state index in [4.69, 9.17) is 4.74 Å². The Balaban J connectivity index is 1.39. The van der Waals surface area contributed by atoms with E-state index in [-0.39, 0.29) is 19.1 Å². The number of nitrogens with one attached hydrogen (secondary N) is 2. The number of aryl methyl sites for hydroxylation is 1. The molecule has 0 radical (unpaired) electrons. The van der Waals surface area contributed by atoms with Crippen molar-refractivity contribution in [3.05, 3.63) is 81.5 Å². The number of fused-ring (bicyclic) bond motifs is 3. The number of carbonyl (C=O) groups excluding carboxylic acids is 2. The van der Waals surface area contributed by atoms with E-state index in [0.29, 0.717) is 0 Å². The second kappa shape index (κ2) is 9.87. The Bertz CT molecular complexity index is 1140. The predicted molar refractivity (Wildman–Crippen MR) is 125 cm³/mol. The van der Waals surface area contributed by atoms with E-state index in [2.05, 4.69) is 10.6 Å². The van der Waals surface area contributed by atoms with Crippen LogP contribution in [0.5, 0.6) is 0 Å². The van der Waals surface area contributed by atoms with Gasteiger partial charge in [-0.25, -0.2) is 4.79 Å². The first kappa shape index (κ1) is 22.5. The minimum absolute atomic E-state index is 0.0790. The first-order valence-electron chi connectivity index (χ1n) is 10.6. The van der Waals surface area contributed by atoms with E-state index in [1.165, 1.54) is 11.3 Å². The third kappa shape index (κ3) is 5.06. The molecule has 170 valence electrons. The lowest BCUT2D eigenvalue weighted by Gasteiger charge is -2.18. The maximum Gasteiger partial charge on any atom is 0.407 e. The smallest absolute Gasteiger partial charge is 0.407 e. The predicted octanol–water partition coefficient (Wildman–Crippen LogP) is 4.05. The number of aliphatic carboxylic acids is 1. The number of rotatable bonds is 8.